The third-order valence-corrected chi connectivity index (χ3v) is 4.82. The summed E-state index contributed by atoms with van der Waals surface area (Å²) in [6, 6.07) is 5.61. The van der Waals surface area contributed by atoms with Gasteiger partial charge in [-0.15, -0.1) is 0 Å². The van der Waals surface area contributed by atoms with Crippen molar-refractivity contribution in [1.29, 1.82) is 0 Å². The molecule has 4 nitrogen and oxygen atoms in total. The first kappa shape index (κ1) is 15.0. The van der Waals surface area contributed by atoms with Crippen molar-refractivity contribution in [3.05, 3.63) is 33.8 Å². The molecular weight excluding hydrogens is 322 g/mol. The Balaban J connectivity index is 2.24. The molecular formula is C15H18BrNO3. The number of carboxylic acids is 1. The maximum Gasteiger partial charge on any atom is 0.311 e. The fourth-order valence-electron chi connectivity index (χ4n) is 2.63. The molecule has 0 aromatic heterocycles. The third-order valence-electron chi connectivity index (χ3n) is 4.12. The predicted octanol–water partition coefficient (Wildman–Crippen LogP) is 3.08. The summed E-state index contributed by atoms with van der Waals surface area (Å²) in [5.41, 5.74) is 0.824. The van der Waals surface area contributed by atoms with Crippen LogP contribution in [0, 0.1) is 12.3 Å². The number of carbonyl (C=O) groups excluding carboxylic acids is 1. The zero-order chi connectivity index (χ0) is 14.9. The first-order valence-corrected chi connectivity index (χ1v) is 7.48. The first-order valence-electron chi connectivity index (χ1n) is 6.68. The molecule has 1 heterocycles. The highest BCUT2D eigenvalue weighted by molar-refractivity contribution is 9.10. The number of aryl methyl sites for hydroxylation is 1. The number of likely N-dealkylation sites (tertiary alicyclic amines) is 1. The van der Waals surface area contributed by atoms with Crippen LogP contribution in [0.2, 0.25) is 0 Å². The number of hydrogen-bond acceptors (Lipinski definition) is 2. The summed E-state index contributed by atoms with van der Waals surface area (Å²) in [4.78, 5) is 25.6. The molecule has 1 amide bonds. The minimum Gasteiger partial charge on any atom is -0.481 e. The SMILES string of the molecule is CCC1(C(=O)O)CCN(C(=O)c2cc(C)ccc2Br)C1. The molecule has 108 valence electrons. The lowest BCUT2D eigenvalue weighted by molar-refractivity contribution is -0.148. The topological polar surface area (TPSA) is 57.6 Å². The lowest BCUT2D eigenvalue weighted by Gasteiger charge is -2.23. The normalized spacial score (nSPS) is 22.1. The molecule has 1 atom stereocenters. The van der Waals surface area contributed by atoms with E-state index in [-0.39, 0.29) is 12.5 Å². The van der Waals surface area contributed by atoms with Gasteiger partial charge in [0.25, 0.3) is 5.91 Å². The van der Waals surface area contributed by atoms with Gasteiger partial charge >= 0.3 is 5.97 Å². The second-order valence-corrected chi connectivity index (χ2v) is 6.25. The van der Waals surface area contributed by atoms with Gasteiger partial charge in [0.05, 0.1) is 11.0 Å². The van der Waals surface area contributed by atoms with Crippen LogP contribution in [0.4, 0.5) is 0 Å². The van der Waals surface area contributed by atoms with Crippen LogP contribution in [0.3, 0.4) is 0 Å². The molecule has 1 fully saturated rings. The van der Waals surface area contributed by atoms with Gasteiger partial charge in [-0.1, -0.05) is 18.6 Å². The van der Waals surface area contributed by atoms with Gasteiger partial charge in [0.15, 0.2) is 0 Å². The van der Waals surface area contributed by atoms with Gasteiger partial charge in [-0.2, -0.15) is 0 Å². The van der Waals surface area contributed by atoms with Crippen molar-refractivity contribution in [3.8, 4) is 0 Å². The Kier molecular flexibility index (Phi) is 4.18. The van der Waals surface area contributed by atoms with Gasteiger partial charge in [-0.3, -0.25) is 9.59 Å². The number of carboxylic acid groups (broad SMARTS) is 1. The van der Waals surface area contributed by atoms with Gasteiger partial charge < -0.3 is 10.0 Å². The number of amides is 1. The summed E-state index contributed by atoms with van der Waals surface area (Å²) in [5, 5.41) is 9.39. The van der Waals surface area contributed by atoms with E-state index in [2.05, 4.69) is 15.9 Å². The standard InChI is InChI=1S/C15H18BrNO3/c1-3-15(14(19)20)6-7-17(9-15)13(18)11-8-10(2)4-5-12(11)16/h4-5,8H,3,6-7,9H2,1-2H3,(H,19,20). The molecule has 5 heteroatoms. The van der Waals surface area contributed by atoms with Crippen molar-refractivity contribution in [2.75, 3.05) is 13.1 Å². The maximum atomic E-state index is 12.5. The van der Waals surface area contributed by atoms with Gasteiger partial charge in [0.2, 0.25) is 0 Å². The number of halogens is 1. The van der Waals surface area contributed by atoms with Crippen molar-refractivity contribution in [1.82, 2.24) is 4.90 Å². The monoisotopic (exact) mass is 339 g/mol. The molecule has 0 bridgehead atoms. The number of aliphatic carboxylic acids is 1. The van der Waals surface area contributed by atoms with E-state index in [0.29, 0.717) is 24.9 Å². The maximum absolute atomic E-state index is 12.5. The number of benzene rings is 1. The van der Waals surface area contributed by atoms with Crippen molar-refractivity contribution < 1.29 is 14.7 Å². The number of nitrogens with zero attached hydrogens (tertiary/aromatic N) is 1. The quantitative estimate of drug-likeness (QED) is 0.920. The Morgan fingerprint density at radius 1 is 1.45 bits per heavy atom. The molecule has 1 N–H and O–H groups in total. The van der Waals surface area contributed by atoms with E-state index in [0.717, 1.165) is 10.0 Å². The summed E-state index contributed by atoms with van der Waals surface area (Å²) in [5.74, 6) is -0.907. The van der Waals surface area contributed by atoms with E-state index in [1.165, 1.54) is 0 Å². The molecule has 1 aliphatic rings. The largest absolute Gasteiger partial charge is 0.481 e. The Morgan fingerprint density at radius 3 is 2.70 bits per heavy atom. The van der Waals surface area contributed by atoms with Crippen molar-refractivity contribution >= 4 is 27.8 Å². The summed E-state index contributed by atoms with van der Waals surface area (Å²) in [6.45, 7) is 4.59. The van der Waals surface area contributed by atoms with Crippen LogP contribution in [-0.2, 0) is 4.79 Å². The Morgan fingerprint density at radius 2 is 2.15 bits per heavy atom. The number of rotatable bonds is 3. The zero-order valence-corrected chi connectivity index (χ0v) is 13.2. The molecule has 20 heavy (non-hydrogen) atoms. The lowest BCUT2D eigenvalue weighted by Crippen LogP contribution is -2.36. The smallest absolute Gasteiger partial charge is 0.311 e. The molecule has 0 spiro atoms. The molecule has 1 saturated heterocycles. The lowest BCUT2D eigenvalue weighted by atomic mass is 9.84. The minimum atomic E-state index is -0.807. The van der Waals surface area contributed by atoms with Gasteiger partial charge in [0.1, 0.15) is 0 Å². The van der Waals surface area contributed by atoms with E-state index < -0.39 is 11.4 Å². The highest BCUT2D eigenvalue weighted by Crippen LogP contribution is 2.35. The van der Waals surface area contributed by atoms with Gasteiger partial charge in [0, 0.05) is 17.6 Å². The first-order chi connectivity index (χ1) is 9.39. The van der Waals surface area contributed by atoms with E-state index in [1.54, 1.807) is 4.90 Å². The van der Waals surface area contributed by atoms with Crippen LogP contribution in [0.25, 0.3) is 0 Å². The van der Waals surface area contributed by atoms with Crippen LogP contribution >= 0.6 is 15.9 Å². The second-order valence-electron chi connectivity index (χ2n) is 5.40. The molecule has 0 radical (unpaired) electrons. The minimum absolute atomic E-state index is 0.0999. The second kappa shape index (κ2) is 5.56. The summed E-state index contributed by atoms with van der Waals surface area (Å²) >= 11 is 3.39. The van der Waals surface area contributed by atoms with Crippen LogP contribution < -0.4 is 0 Å². The molecule has 1 unspecified atom stereocenters. The van der Waals surface area contributed by atoms with Crippen LogP contribution in [0.1, 0.15) is 35.7 Å². The average molecular weight is 340 g/mol. The number of carbonyl (C=O) groups is 2. The number of hydrogen-bond donors (Lipinski definition) is 1. The van der Waals surface area contributed by atoms with Gasteiger partial charge in [-0.05, 0) is 47.8 Å². The Hall–Kier alpha value is -1.36. The van der Waals surface area contributed by atoms with Gasteiger partial charge in [-0.25, -0.2) is 0 Å². The van der Waals surface area contributed by atoms with Crippen LogP contribution in [-0.4, -0.2) is 35.0 Å². The third kappa shape index (κ3) is 2.59. The highest BCUT2D eigenvalue weighted by Gasteiger charge is 2.45. The van der Waals surface area contributed by atoms with Crippen molar-refractivity contribution in [2.45, 2.75) is 26.7 Å². The molecule has 1 aromatic carbocycles. The highest BCUT2D eigenvalue weighted by atomic mass is 79.9. The van der Waals surface area contributed by atoms with E-state index in [1.807, 2.05) is 32.0 Å². The Bertz CT molecular complexity index is 558. The van der Waals surface area contributed by atoms with E-state index in [9.17, 15) is 14.7 Å². The molecule has 1 aliphatic heterocycles. The summed E-state index contributed by atoms with van der Waals surface area (Å²) in [6.07, 6.45) is 1.06. The molecule has 0 aliphatic carbocycles. The van der Waals surface area contributed by atoms with E-state index >= 15 is 0 Å². The van der Waals surface area contributed by atoms with Crippen LogP contribution in [0.15, 0.2) is 22.7 Å². The summed E-state index contributed by atoms with van der Waals surface area (Å²) < 4.78 is 0.748. The molecule has 2 rings (SSSR count). The fourth-order valence-corrected chi connectivity index (χ4v) is 3.05. The fraction of sp³-hybridized carbons (Fsp3) is 0.467. The molecule has 0 saturated carbocycles. The molecule has 1 aromatic rings. The Labute approximate surface area is 126 Å². The van der Waals surface area contributed by atoms with Crippen LogP contribution in [0.5, 0.6) is 0 Å². The average Bonchev–Trinajstić information content (AvgIpc) is 2.86. The summed E-state index contributed by atoms with van der Waals surface area (Å²) in [7, 11) is 0. The van der Waals surface area contributed by atoms with E-state index in [4.69, 9.17) is 0 Å². The van der Waals surface area contributed by atoms with Crippen molar-refractivity contribution in [2.24, 2.45) is 5.41 Å². The zero-order valence-electron chi connectivity index (χ0n) is 11.6. The van der Waals surface area contributed by atoms with Crippen molar-refractivity contribution in [3.63, 3.8) is 0 Å². The predicted molar refractivity (Wildman–Crippen MR) is 79.8 cm³/mol.